The number of alkyl halides is 9. The Morgan fingerprint density at radius 1 is 0.870 bits per heavy atom. The Labute approximate surface area is 126 Å². The summed E-state index contributed by atoms with van der Waals surface area (Å²) in [7, 11) is -6.41. The molecule has 0 saturated heterocycles. The van der Waals surface area contributed by atoms with E-state index in [0.29, 0.717) is 0 Å². The first kappa shape index (κ1) is 22.3. The van der Waals surface area contributed by atoms with Crippen molar-refractivity contribution in [2.45, 2.75) is 50.0 Å². The molecule has 0 aromatic heterocycles. The van der Waals surface area contributed by atoms with Crippen LogP contribution in [0.15, 0.2) is 0 Å². The summed E-state index contributed by atoms with van der Waals surface area (Å²) in [6.45, 7) is 0.0241. The van der Waals surface area contributed by atoms with Gasteiger partial charge in [-0.1, -0.05) is 13.8 Å². The van der Waals surface area contributed by atoms with Gasteiger partial charge >= 0.3 is 23.0 Å². The van der Waals surface area contributed by atoms with Crippen molar-refractivity contribution in [2.24, 2.45) is 0 Å². The van der Waals surface area contributed by atoms with Crippen molar-refractivity contribution in [1.82, 2.24) is 4.31 Å². The Bertz CT molecular complexity index is 514. The lowest BCUT2D eigenvalue weighted by atomic mass is 10.0. The average Bonchev–Trinajstić information content (AvgIpc) is 2.38. The summed E-state index contributed by atoms with van der Waals surface area (Å²) in [5, 5.41) is -6.59. The van der Waals surface area contributed by atoms with Crippen molar-refractivity contribution in [1.29, 1.82) is 0 Å². The molecule has 0 aliphatic rings. The highest BCUT2D eigenvalue weighted by Crippen LogP contribution is 2.55. The predicted molar refractivity (Wildman–Crippen MR) is 62.2 cm³/mol. The minimum Gasteiger partial charge on any atom is -0.241 e. The molecule has 0 radical (unpaired) electrons. The maximum absolute atomic E-state index is 13.6. The number of rotatable bonds is 8. The minimum atomic E-state index is -7.06. The van der Waals surface area contributed by atoms with Crippen LogP contribution in [0.5, 0.6) is 0 Å². The van der Waals surface area contributed by atoms with Crippen LogP contribution in [0.2, 0.25) is 0 Å². The molecule has 0 fully saturated rings. The fraction of sp³-hybridized carbons (Fsp3) is 1.00. The van der Waals surface area contributed by atoms with Gasteiger partial charge in [0.15, 0.2) is 6.17 Å². The van der Waals surface area contributed by atoms with Crippen molar-refractivity contribution >= 4 is 10.0 Å². The molecule has 0 N–H and O–H groups in total. The molecule has 13 heteroatoms. The fourth-order valence-electron chi connectivity index (χ4n) is 1.53. The number of hydrogen-bond acceptors (Lipinski definition) is 2. The van der Waals surface area contributed by atoms with Gasteiger partial charge in [-0.3, -0.25) is 0 Å². The average molecular weight is 383 g/mol. The van der Waals surface area contributed by atoms with Crippen molar-refractivity contribution in [3.63, 3.8) is 0 Å². The zero-order valence-electron chi connectivity index (χ0n) is 12.1. The Morgan fingerprint density at radius 2 is 1.22 bits per heavy atom. The molecule has 0 aromatic carbocycles. The summed E-state index contributed by atoms with van der Waals surface area (Å²) in [6.07, 6.45) is -3.93. The smallest absolute Gasteiger partial charge is 0.241 e. The molecule has 140 valence electrons. The summed E-state index contributed by atoms with van der Waals surface area (Å²) in [6, 6.07) is 0. The topological polar surface area (TPSA) is 37.4 Å². The molecule has 0 aliphatic heterocycles. The summed E-state index contributed by atoms with van der Waals surface area (Å²) >= 11 is 0. The van der Waals surface area contributed by atoms with Gasteiger partial charge in [-0.05, 0) is 6.92 Å². The van der Waals surface area contributed by atoms with Crippen LogP contribution < -0.4 is 0 Å². The van der Waals surface area contributed by atoms with Crippen molar-refractivity contribution in [3.8, 4) is 0 Å². The first-order valence-corrected chi connectivity index (χ1v) is 7.55. The molecule has 1 unspecified atom stereocenters. The molecule has 0 aromatic rings. The van der Waals surface area contributed by atoms with Gasteiger partial charge in [0, 0.05) is 13.1 Å². The summed E-state index contributed by atoms with van der Waals surface area (Å²) in [4.78, 5) is 0. The second-order valence-corrected chi connectivity index (χ2v) is 6.47. The van der Waals surface area contributed by atoms with Crippen LogP contribution >= 0.6 is 0 Å². The number of nitrogens with zero attached hydrogens (tertiary/aromatic N) is 1. The third kappa shape index (κ3) is 3.01. The fourth-order valence-corrected chi connectivity index (χ4v) is 2.99. The van der Waals surface area contributed by atoms with Crippen molar-refractivity contribution in [2.75, 3.05) is 13.1 Å². The number of halogens is 9. The van der Waals surface area contributed by atoms with Crippen molar-refractivity contribution < 1.29 is 47.9 Å². The quantitative estimate of drug-likeness (QED) is 0.602. The maximum Gasteiger partial charge on any atom is 0.427 e. The molecule has 0 spiro atoms. The standard InChI is InChI=1S/C10H14F9NO2S/c1-4-20(5-2)23(21,22)10(18,19)9(16,17)8(14,15)7(12,13)6(3)11/h6H,4-5H2,1-3H3. The molecular formula is C10H14F9NO2S. The predicted octanol–water partition coefficient (Wildman–Crippen LogP) is 3.51. The molecule has 23 heavy (non-hydrogen) atoms. The number of hydrogen-bond donors (Lipinski definition) is 0. The lowest BCUT2D eigenvalue weighted by Gasteiger charge is -2.38. The third-order valence-corrected chi connectivity index (χ3v) is 5.15. The molecule has 0 aliphatic carbocycles. The van der Waals surface area contributed by atoms with Gasteiger partial charge in [0.25, 0.3) is 10.0 Å². The van der Waals surface area contributed by atoms with E-state index < -0.39 is 52.3 Å². The molecular weight excluding hydrogens is 369 g/mol. The van der Waals surface area contributed by atoms with Crippen LogP contribution in [0, 0.1) is 0 Å². The van der Waals surface area contributed by atoms with E-state index in [-0.39, 0.29) is 11.2 Å². The van der Waals surface area contributed by atoms with Crippen LogP contribution in [0.4, 0.5) is 39.5 Å². The number of sulfonamides is 1. The zero-order chi connectivity index (χ0) is 19.1. The summed E-state index contributed by atoms with van der Waals surface area (Å²) in [5.41, 5.74) is 0. The highest BCUT2D eigenvalue weighted by molar-refractivity contribution is 7.90. The Hall–Kier alpha value is -0.720. The van der Waals surface area contributed by atoms with E-state index in [1.54, 1.807) is 0 Å². The van der Waals surface area contributed by atoms with Gasteiger partial charge in [-0.25, -0.2) is 12.8 Å². The normalized spacial score (nSPS) is 16.7. The monoisotopic (exact) mass is 383 g/mol. The zero-order valence-corrected chi connectivity index (χ0v) is 12.9. The largest absolute Gasteiger partial charge is 0.427 e. The van der Waals surface area contributed by atoms with Gasteiger partial charge in [-0.2, -0.15) is 39.4 Å². The Balaban J connectivity index is 6.28. The van der Waals surface area contributed by atoms with Crippen LogP contribution in [0.25, 0.3) is 0 Å². The third-order valence-electron chi connectivity index (χ3n) is 3.05. The van der Waals surface area contributed by atoms with Crippen LogP contribution in [-0.2, 0) is 10.0 Å². The highest BCUT2D eigenvalue weighted by Gasteiger charge is 2.85. The molecule has 0 rings (SSSR count). The first-order chi connectivity index (χ1) is 9.96. The molecule has 0 amide bonds. The molecule has 0 heterocycles. The van der Waals surface area contributed by atoms with E-state index in [0.717, 1.165) is 13.8 Å². The van der Waals surface area contributed by atoms with E-state index in [2.05, 4.69) is 0 Å². The minimum absolute atomic E-state index is 0.249. The van der Waals surface area contributed by atoms with Crippen LogP contribution in [0.1, 0.15) is 20.8 Å². The van der Waals surface area contributed by atoms with Gasteiger partial charge in [0.2, 0.25) is 0 Å². The Kier molecular flexibility index (Phi) is 6.10. The van der Waals surface area contributed by atoms with E-state index in [1.165, 1.54) is 0 Å². The van der Waals surface area contributed by atoms with E-state index in [9.17, 15) is 47.9 Å². The molecule has 0 saturated carbocycles. The molecule has 3 nitrogen and oxygen atoms in total. The van der Waals surface area contributed by atoms with Crippen LogP contribution in [0.3, 0.4) is 0 Å². The van der Waals surface area contributed by atoms with Crippen molar-refractivity contribution in [3.05, 3.63) is 0 Å². The first-order valence-electron chi connectivity index (χ1n) is 6.11. The van der Waals surface area contributed by atoms with Gasteiger partial charge < -0.3 is 0 Å². The lowest BCUT2D eigenvalue weighted by molar-refractivity contribution is -0.357. The Morgan fingerprint density at radius 3 is 1.48 bits per heavy atom. The van der Waals surface area contributed by atoms with E-state index in [4.69, 9.17) is 0 Å². The lowest BCUT2D eigenvalue weighted by Crippen LogP contribution is -2.67. The van der Waals surface area contributed by atoms with E-state index >= 15 is 0 Å². The van der Waals surface area contributed by atoms with Crippen LogP contribution in [-0.4, -0.2) is 55.0 Å². The SMILES string of the molecule is CCN(CC)S(=O)(=O)C(F)(F)C(F)(F)C(F)(F)C(F)(F)C(C)F. The van der Waals surface area contributed by atoms with Gasteiger partial charge in [0.05, 0.1) is 0 Å². The maximum atomic E-state index is 13.6. The van der Waals surface area contributed by atoms with Gasteiger partial charge in [-0.15, -0.1) is 0 Å². The van der Waals surface area contributed by atoms with E-state index in [1.807, 2.05) is 0 Å². The van der Waals surface area contributed by atoms with Gasteiger partial charge in [0.1, 0.15) is 0 Å². The molecule has 0 bridgehead atoms. The second kappa shape index (κ2) is 6.30. The second-order valence-electron chi connectivity index (χ2n) is 4.49. The summed E-state index contributed by atoms with van der Waals surface area (Å²) < 4.78 is 141. The highest BCUT2D eigenvalue weighted by atomic mass is 32.2. The summed E-state index contributed by atoms with van der Waals surface area (Å²) in [5.74, 6) is -20.2. The molecule has 1 atom stereocenters.